The highest BCUT2D eigenvalue weighted by atomic mass is 79.9. The number of hydrazone groups is 1. The molecule has 0 atom stereocenters. The fraction of sp³-hybridized carbons (Fsp3) is 0.333. The number of hydrogen-bond donors (Lipinski definition) is 1. The lowest BCUT2D eigenvalue weighted by Gasteiger charge is -1.96. The summed E-state index contributed by atoms with van der Waals surface area (Å²) >= 11 is 3.11. The van der Waals surface area contributed by atoms with Gasteiger partial charge in [-0.05, 0) is 34.0 Å². The molecule has 0 saturated carbocycles. The summed E-state index contributed by atoms with van der Waals surface area (Å²) in [5, 5.41) is 3.76. The van der Waals surface area contributed by atoms with Crippen LogP contribution in [0.3, 0.4) is 0 Å². The van der Waals surface area contributed by atoms with E-state index >= 15 is 0 Å². The van der Waals surface area contributed by atoms with Crippen molar-refractivity contribution < 1.29 is 9.21 Å². The molecule has 4 nitrogen and oxygen atoms in total. The summed E-state index contributed by atoms with van der Waals surface area (Å²) < 4.78 is 5.56. The first kappa shape index (κ1) is 11.0. The van der Waals surface area contributed by atoms with Crippen LogP contribution in [0.5, 0.6) is 0 Å². The second-order valence-corrected chi connectivity index (χ2v) is 3.85. The van der Waals surface area contributed by atoms with Gasteiger partial charge < -0.3 is 4.42 Å². The number of carbonyl (C=O) groups excluding carboxylic acids is 1. The fourth-order valence-electron chi connectivity index (χ4n) is 0.736. The predicted molar refractivity (Wildman–Crippen MR) is 57.2 cm³/mol. The average Bonchev–Trinajstić information content (AvgIpc) is 2.51. The summed E-state index contributed by atoms with van der Waals surface area (Å²) in [6.45, 7) is 3.94. The molecule has 5 heteroatoms. The highest BCUT2D eigenvalue weighted by molar-refractivity contribution is 9.10. The van der Waals surface area contributed by atoms with E-state index in [0.717, 1.165) is 0 Å². The van der Waals surface area contributed by atoms with Gasteiger partial charge in [-0.3, -0.25) is 4.79 Å². The Hall–Kier alpha value is -1.10. The first-order valence-corrected chi connectivity index (χ1v) is 4.97. The maximum Gasteiger partial charge on any atom is 0.307 e. The summed E-state index contributed by atoms with van der Waals surface area (Å²) in [5.74, 6) is 0.184. The molecule has 1 aromatic rings. The van der Waals surface area contributed by atoms with E-state index < -0.39 is 0 Å². The lowest BCUT2D eigenvalue weighted by Crippen LogP contribution is -2.17. The zero-order valence-electron chi connectivity index (χ0n) is 7.95. The molecule has 0 spiro atoms. The van der Waals surface area contributed by atoms with Gasteiger partial charge in [0.15, 0.2) is 10.4 Å². The molecule has 1 aromatic heterocycles. The van der Waals surface area contributed by atoms with E-state index in [9.17, 15) is 4.79 Å². The smallest absolute Gasteiger partial charge is 0.307 e. The molecule has 76 valence electrons. The molecule has 0 unspecified atom stereocenters. The second kappa shape index (κ2) is 4.95. The number of nitrogens with zero attached hydrogens (tertiary/aromatic N) is 1. The first-order valence-electron chi connectivity index (χ1n) is 4.18. The first-order chi connectivity index (χ1) is 6.59. The van der Waals surface area contributed by atoms with Crippen molar-refractivity contribution in [3.05, 3.63) is 22.6 Å². The van der Waals surface area contributed by atoms with E-state index in [1.807, 2.05) is 13.8 Å². The Morgan fingerprint density at radius 1 is 1.64 bits per heavy atom. The highest BCUT2D eigenvalue weighted by Gasteiger charge is 2.08. The van der Waals surface area contributed by atoms with Gasteiger partial charge >= 0.3 is 5.91 Å². The van der Waals surface area contributed by atoms with Crippen molar-refractivity contribution in [2.24, 2.45) is 11.0 Å². The monoisotopic (exact) mass is 258 g/mol. The number of rotatable bonds is 3. The zero-order chi connectivity index (χ0) is 10.6. The van der Waals surface area contributed by atoms with Gasteiger partial charge in [0.05, 0.1) is 0 Å². The van der Waals surface area contributed by atoms with Crippen LogP contribution < -0.4 is 5.43 Å². The van der Waals surface area contributed by atoms with E-state index in [1.165, 1.54) is 0 Å². The standard InChI is InChI=1S/C9H11BrN2O2/c1-6(2)5-11-12-9(13)7-3-4-8(10)14-7/h3-6H,1-2H3,(H,12,13). The number of hydrogen-bond acceptors (Lipinski definition) is 3. The molecular weight excluding hydrogens is 248 g/mol. The van der Waals surface area contributed by atoms with Crippen molar-refractivity contribution in [1.29, 1.82) is 0 Å². The fourth-order valence-corrected chi connectivity index (χ4v) is 1.04. The number of furan rings is 1. The Morgan fingerprint density at radius 3 is 2.86 bits per heavy atom. The highest BCUT2D eigenvalue weighted by Crippen LogP contribution is 2.13. The molecular formula is C9H11BrN2O2. The van der Waals surface area contributed by atoms with Gasteiger partial charge in [0.2, 0.25) is 0 Å². The molecule has 0 aromatic carbocycles. The van der Waals surface area contributed by atoms with Crippen molar-refractivity contribution >= 4 is 28.1 Å². The van der Waals surface area contributed by atoms with Crippen LogP contribution in [-0.4, -0.2) is 12.1 Å². The van der Waals surface area contributed by atoms with Crippen molar-refractivity contribution in [1.82, 2.24) is 5.43 Å². The minimum atomic E-state index is -0.354. The van der Waals surface area contributed by atoms with Crippen molar-refractivity contribution in [2.45, 2.75) is 13.8 Å². The molecule has 14 heavy (non-hydrogen) atoms. The maximum absolute atomic E-state index is 11.3. The van der Waals surface area contributed by atoms with E-state index in [0.29, 0.717) is 10.6 Å². The lowest BCUT2D eigenvalue weighted by molar-refractivity contribution is 0.0926. The van der Waals surface area contributed by atoms with Crippen LogP contribution in [0.25, 0.3) is 0 Å². The number of amides is 1. The van der Waals surface area contributed by atoms with Crippen LogP contribution in [0.1, 0.15) is 24.4 Å². The van der Waals surface area contributed by atoms with Gasteiger partial charge in [-0.1, -0.05) is 13.8 Å². The van der Waals surface area contributed by atoms with Crippen molar-refractivity contribution in [3.8, 4) is 0 Å². The molecule has 1 heterocycles. The van der Waals surface area contributed by atoms with Gasteiger partial charge in [-0.15, -0.1) is 0 Å². The Balaban J connectivity index is 2.51. The lowest BCUT2D eigenvalue weighted by atomic mass is 10.3. The molecule has 0 saturated heterocycles. The van der Waals surface area contributed by atoms with Crippen LogP contribution in [0, 0.1) is 5.92 Å². The molecule has 0 aliphatic heterocycles. The Kier molecular flexibility index (Phi) is 3.88. The summed E-state index contributed by atoms with van der Waals surface area (Å²) in [5.41, 5.74) is 2.36. The zero-order valence-corrected chi connectivity index (χ0v) is 9.54. The number of halogens is 1. The van der Waals surface area contributed by atoms with Crippen LogP contribution >= 0.6 is 15.9 Å². The van der Waals surface area contributed by atoms with E-state index in [4.69, 9.17) is 4.42 Å². The topological polar surface area (TPSA) is 54.6 Å². The number of nitrogens with one attached hydrogen (secondary N) is 1. The molecule has 1 rings (SSSR count). The SMILES string of the molecule is CC(C)C=NNC(=O)c1ccc(Br)o1. The molecule has 0 aliphatic rings. The molecule has 0 aliphatic carbocycles. The van der Waals surface area contributed by atoms with Crippen LogP contribution in [0.4, 0.5) is 0 Å². The third-order valence-electron chi connectivity index (χ3n) is 1.34. The molecule has 0 bridgehead atoms. The van der Waals surface area contributed by atoms with Crippen molar-refractivity contribution in [2.75, 3.05) is 0 Å². The third-order valence-corrected chi connectivity index (χ3v) is 1.76. The largest absolute Gasteiger partial charge is 0.444 e. The van der Waals surface area contributed by atoms with Gasteiger partial charge in [0, 0.05) is 6.21 Å². The molecule has 0 radical (unpaired) electrons. The maximum atomic E-state index is 11.3. The van der Waals surface area contributed by atoms with Crippen LogP contribution in [-0.2, 0) is 0 Å². The summed E-state index contributed by atoms with van der Waals surface area (Å²) in [6.07, 6.45) is 1.65. The summed E-state index contributed by atoms with van der Waals surface area (Å²) in [4.78, 5) is 11.3. The average molecular weight is 259 g/mol. The molecule has 0 fully saturated rings. The van der Waals surface area contributed by atoms with Crippen LogP contribution in [0.2, 0.25) is 0 Å². The normalized spacial score (nSPS) is 11.1. The van der Waals surface area contributed by atoms with E-state index in [2.05, 4.69) is 26.5 Å². The Bertz CT molecular complexity index is 344. The van der Waals surface area contributed by atoms with E-state index in [1.54, 1.807) is 18.3 Å². The second-order valence-electron chi connectivity index (χ2n) is 3.07. The van der Waals surface area contributed by atoms with Crippen LogP contribution in [0.15, 0.2) is 26.3 Å². The summed E-state index contributed by atoms with van der Waals surface area (Å²) in [7, 11) is 0. The summed E-state index contributed by atoms with van der Waals surface area (Å²) in [6, 6.07) is 3.23. The Morgan fingerprint density at radius 2 is 2.36 bits per heavy atom. The molecule has 1 amide bonds. The quantitative estimate of drug-likeness (QED) is 0.669. The minimum Gasteiger partial charge on any atom is -0.444 e. The van der Waals surface area contributed by atoms with Gasteiger partial charge in [0.25, 0.3) is 0 Å². The predicted octanol–water partition coefficient (Wildman–Crippen LogP) is 2.41. The third kappa shape index (κ3) is 3.33. The van der Waals surface area contributed by atoms with Gasteiger partial charge in [-0.25, -0.2) is 5.43 Å². The van der Waals surface area contributed by atoms with Crippen molar-refractivity contribution in [3.63, 3.8) is 0 Å². The van der Waals surface area contributed by atoms with E-state index in [-0.39, 0.29) is 11.7 Å². The minimum absolute atomic E-state index is 0.234. The number of carbonyl (C=O) groups is 1. The molecule has 1 N–H and O–H groups in total. The van der Waals surface area contributed by atoms with Gasteiger partial charge in [-0.2, -0.15) is 5.10 Å². The van der Waals surface area contributed by atoms with Gasteiger partial charge in [0.1, 0.15) is 0 Å². The Labute approximate surface area is 90.5 Å².